The molecule has 2 amide bonds. The lowest BCUT2D eigenvalue weighted by Gasteiger charge is -2.32. The second-order valence-electron chi connectivity index (χ2n) is 5.88. The van der Waals surface area contributed by atoms with Crippen molar-refractivity contribution in [2.24, 2.45) is 0 Å². The molecule has 2 aliphatic heterocycles. The van der Waals surface area contributed by atoms with E-state index in [9.17, 15) is 9.59 Å². The van der Waals surface area contributed by atoms with Crippen LogP contribution in [0.3, 0.4) is 0 Å². The summed E-state index contributed by atoms with van der Waals surface area (Å²) in [7, 11) is 0. The number of hydrogen-bond acceptors (Lipinski definition) is 3. The Hall–Kier alpha value is -1.10. The highest BCUT2D eigenvalue weighted by molar-refractivity contribution is 5.93. The zero-order chi connectivity index (χ0) is 14.0. The molecule has 0 aromatic carbocycles. The van der Waals surface area contributed by atoms with E-state index in [0.717, 1.165) is 12.8 Å². The monoisotopic (exact) mass is 268 g/mol. The molecule has 0 aromatic heterocycles. The summed E-state index contributed by atoms with van der Waals surface area (Å²) in [5.74, 6) is -0.0232. The summed E-state index contributed by atoms with van der Waals surface area (Å²) in [6.45, 7) is 6.90. The van der Waals surface area contributed by atoms with Crippen LogP contribution in [0.2, 0.25) is 0 Å². The van der Waals surface area contributed by atoms with E-state index < -0.39 is 5.54 Å². The Morgan fingerprint density at radius 3 is 2.74 bits per heavy atom. The smallest absolute Gasteiger partial charge is 0.248 e. The molecular formula is C14H24N2O3. The van der Waals surface area contributed by atoms with Gasteiger partial charge in [0.1, 0.15) is 5.54 Å². The van der Waals surface area contributed by atoms with E-state index in [0.29, 0.717) is 25.9 Å². The third-order valence-electron chi connectivity index (χ3n) is 4.23. The quantitative estimate of drug-likeness (QED) is 0.833. The van der Waals surface area contributed by atoms with Gasteiger partial charge in [0.25, 0.3) is 0 Å². The van der Waals surface area contributed by atoms with Gasteiger partial charge >= 0.3 is 0 Å². The van der Waals surface area contributed by atoms with Gasteiger partial charge in [0, 0.05) is 19.5 Å². The first kappa shape index (κ1) is 14.3. The van der Waals surface area contributed by atoms with E-state index >= 15 is 0 Å². The molecule has 3 unspecified atom stereocenters. The third kappa shape index (κ3) is 3.08. The number of nitrogens with zero attached hydrogens (tertiary/aromatic N) is 1. The molecule has 0 aromatic rings. The molecule has 2 fully saturated rings. The van der Waals surface area contributed by atoms with Crippen molar-refractivity contribution < 1.29 is 14.3 Å². The number of amides is 2. The van der Waals surface area contributed by atoms with E-state index in [4.69, 9.17) is 4.74 Å². The van der Waals surface area contributed by atoms with E-state index in [1.807, 2.05) is 13.8 Å². The molecule has 1 N–H and O–H groups in total. The van der Waals surface area contributed by atoms with Gasteiger partial charge in [0.05, 0.1) is 12.2 Å². The molecule has 0 spiro atoms. The molecule has 2 heterocycles. The van der Waals surface area contributed by atoms with E-state index in [-0.39, 0.29) is 24.0 Å². The molecule has 2 saturated heterocycles. The molecule has 5 nitrogen and oxygen atoms in total. The van der Waals surface area contributed by atoms with Crippen LogP contribution in [-0.4, -0.2) is 47.6 Å². The maximum Gasteiger partial charge on any atom is 0.248 e. The summed E-state index contributed by atoms with van der Waals surface area (Å²) < 4.78 is 5.78. The van der Waals surface area contributed by atoms with Crippen molar-refractivity contribution in [2.45, 2.75) is 64.2 Å². The van der Waals surface area contributed by atoms with Crippen LogP contribution in [0.4, 0.5) is 0 Å². The van der Waals surface area contributed by atoms with Gasteiger partial charge in [-0.3, -0.25) is 9.59 Å². The minimum Gasteiger partial charge on any atom is -0.373 e. The Labute approximate surface area is 114 Å². The molecule has 0 saturated carbocycles. The summed E-state index contributed by atoms with van der Waals surface area (Å²) in [5, 5.41) is 2.85. The third-order valence-corrected chi connectivity index (χ3v) is 4.23. The topological polar surface area (TPSA) is 58.6 Å². The summed E-state index contributed by atoms with van der Waals surface area (Å²) in [6.07, 6.45) is 3.43. The second-order valence-corrected chi connectivity index (χ2v) is 5.88. The van der Waals surface area contributed by atoms with Crippen LogP contribution in [0.25, 0.3) is 0 Å². The Balaban J connectivity index is 2.06. The minimum atomic E-state index is -0.766. The van der Waals surface area contributed by atoms with Crippen LogP contribution in [-0.2, 0) is 14.3 Å². The van der Waals surface area contributed by atoms with Crippen LogP contribution in [0.1, 0.15) is 46.5 Å². The Morgan fingerprint density at radius 2 is 2.16 bits per heavy atom. The number of carbonyl (C=O) groups excluding carboxylic acids is 2. The maximum atomic E-state index is 12.6. The van der Waals surface area contributed by atoms with Crippen molar-refractivity contribution in [1.82, 2.24) is 10.2 Å². The largest absolute Gasteiger partial charge is 0.373 e. The highest BCUT2D eigenvalue weighted by Crippen LogP contribution is 2.23. The Morgan fingerprint density at radius 1 is 1.42 bits per heavy atom. The summed E-state index contributed by atoms with van der Waals surface area (Å²) >= 11 is 0. The first-order valence-corrected chi connectivity index (χ1v) is 7.20. The van der Waals surface area contributed by atoms with Crippen LogP contribution in [0.15, 0.2) is 0 Å². The standard InChI is InChI=1S/C14H24N2O3/c1-4-14(3)13(18)16(8-7-12(17)15-14)9-11-6-5-10(2)19-11/h10-11H,4-9H2,1-3H3,(H,15,17). The fourth-order valence-electron chi connectivity index (χ4n) is 2.79. The molecule has 0 aliphatic carbocycles. The molecule has 2 rings (SSSR count). The van der Waals surface area contributed by atoms with Crippen LogP contribution < -0.4 is 5.32 Å². The van der Waals surface area contributed by atoms with Gasteiger partial charge in [-0.2, -0.15) is 0 Å². The van der Waals surface area contributed by atoms with Crippen molar-refractivity contribution in [3.05, 3.63) is 0 Å². The van der Waals surface area contributed by atoms with Crippen molar-refractivity contribution >= 4 is 11.8 Å². The van der Waals surface area contributed by atoms with Crippen molar-refractivity contribution in [3.63, 3.8) is 0 Å². The van der Waals surface area contributed by atoms with Gasteiger partial charge in [-0.1, -0.05) is 6.92 Å². The maximum absolute atomic E-state index is 12.6. The zero-order valence-corrected chi connectivity index (χ0v) is 12.1. The molecule has 0 bridgehead atoms. The normalized spacial score (nSPS) is 36.3. The molecule has 2 aliphatic rings. The average molecular weight is 268 g/mol. The Bertz CT molecular complexity index is 372. The zero-order valence-electron chi connectivity index (χ0n) is 12.1. The lowest BCUT2D eigenvalue weighted by atomic mass is 9.97. The van der Waals surface area contributed by atoms with Crippen LogP contribution >= 0.6 is 0 Å². The minimum absolute atomic E-state index is 0.0176. The molecule has 108 valence electrons. The highest BCUT2D eigenvalue weighted by Gasteiger charge is 2.40. The highest BCUT2D eigenvalue weighted by atomic mass is 16.5. The number of carbonyl (C=O) groups is 2. The SMILES string of the molecule is CCC1(C)NC(=O)CCN(CC2CCC(C)O2)C1=O. The fraction of sp³-hybridized carbons (Fsp3) is 0.857. The number of nitrogens with one attached hydrogen (secondary N) is 1. The summed E-state index contributed by atoms with van der Waals surface area (Å²) in [6, 6.07) is 0. The van der Waals surface area contributed by atoms with Crippen molar-refractivity contribution in [2.75, 3.05) is 13.1 Å². The summed E-state index contributed by atoms with van der Waals surface area (Å²) in [4.78, 5) is 26.1. The molecule has 5 heteroatoms. The predicted molar refractivity (Wildman–Crippen MR) is 71.6 cm³/mol. The lowest BCUT2D eigenvalue weighted by molar-refractivity contribution is -0.139. The number of hydrogen-bond donors (Lipinski definition) is 1. The van der Waals surface area contributed by atoms with Gasteiger partial charge in [-0.05, 0) is 33.1 Å². The van der Waals surface area contributed by atoms with Gasteiger partial charge in [0.15, 0.2) is 0 Å². The first-order chi connectivity index (χ1) is 8.94. The van der Waals surface area contributed by atoms with E-state index in [1.54, 1.807) is 4.90 Å². The molecular weight excluding hydrogens is 244 g/mol. The van der Waals surface area contributed by atoms with E-state index in [1.165, 1.54) is 0 Å². The van der Waals surface area contributed by atoms with Crippen LogP contribution in [0.5, 0.6) is 0 Å². The van der Waals surface area contributed by atoms with Crippen molar-refractivity contribution in [3.8, 4) is 0 Å². The number of ether oxygens (including phenoxy) is 1. The second kappa shape index (κ2) is 5.49. The first-order valence-electron chi connectivity index (χ1n) is 7.20. The number of rotatable bonds is 3. The van der Waals surface area contributed by atoms with Gasteiger partial charge < -0.3 is 15.0 Å². The predicted octanol–water partition coefficient (Wildman–Crippen LogP) is 1.07. The van der Waals surface area contributed by atoms with Crippen molar-refractivity contribution in [1.29, 1.82) is 0 Å². The van der Waals surface area contributed by atoms with Crippen LogP contribution in [0, 0.1) is 0 Å². The van der Waals surface area contributed by atoms with Gasteiger partial charge in [0.2, 0.25) is 11.8 Å². The molecule has 3 atom stereocenters. The van der Waals surface area contributed by atoms with Gasteiger partial charge in [-0.25, -0.2) is 0 Å². The average Bonchev–Trinajstić information content (AvgIpc) is 2.74. The Kier molecular flexibility index (Phi) is 4.13. The summed E-state index contributed by atoms with van der Waals surface area (Å²) in [5.41, 5.74) is -0.766. The molecule has 19 heavy (non-hydrogen) atoms. The fourth-order valence-corrected chi connectivity index (χ4v) is 2.79. The lowest BCUT2D eigenvalue weighted by Crippen LogP contribution is -2.55. The molecule has 0 radical (unpaired) electrons. The van der Waals surface area contributed by atoms with Gasteiger partial charge in [-0.15, -0.1) is 0 Å². The van der Waals surface area contributed by atoms with E-state index in [2.05, 4.69) is 12.2 Å².